The number of carbonyl (C=O) groups excluding carboxylic acids is 3. The number of hydrogen-bond acceptors (Lipinski definition) is 6. The SMILES string of the molecule is CC/C=C\C/C=C\C/C=C\C/C=C\CCCCCCCCCCCCC(=O)OCC(COC(=O)CCCCCCC)OC(=O)CCCCCCCCC/C=C\C/C=C\CCCCCC. The highest BCUT2D eigenvalue weighted by molar-refractivity contribution is 5.71. The summed E-state index contributed by atoms with van der Waals surface area (Å²) in [7, 11) is 0. The van der Waals surface area contributed by atoms with Gasteiger partial charge in [-0.2, -0.15) is 0 Å². The monoisotopic (exact) mass is 893 g/mol. The van der Waals surface area contributed by atoms with Gasteiger partial charge < -0.3 is 14.2 Å². The first-order valence-corrected chi connectivity index (χ1v) is 26.9. The largest absolute Gasteiger partial charge is 0.462 e. The molecule has 0 saturated carbocycles. The predicted octanol–water partition coefficient (Wildman–Crippen LogP) is 17.8. The third-order valence-electron chi connectivity index (χ3n) is 11.4. The van der Waals surface area contributed by atoms with E-state index in [4.69, 9.17) is 14.2 Å². The summed E-state index contributed by atoms with van der Waals surface area (Å²) in [5, 5.41) is 0. The van der Waals surface area contributed by atoms with Gasteiger partial charge in [-0.1, -0.05) is 222 Å². The average molecular weight is 893 g/mol. The van der Waals surface area contributed by atoms with Crippen LogP contribution in [0.5, 0.6) is 0 Å². The standard InChI is InChI=1S/C58H100O6/c1-4-7-10-13-15-17-19-21-23-25-27-28-29-30-31-33-34-36-38-40-42-45-48-51-57(60)63-54-55(53-62-56(59)50-47-44-12-9-6-3)64-58(61)52-49-46-43-41-39-37-35-32-26-24-22-20-18-16-14-11-8-5-2/h7,10,15,17-18,20-21,23-24,26-28,55H,4-6,8-9,11-14,16,19,22,25,29-54H2,1-3H3/b10-7-,17-15-,20-18-,23-21-,26-24-,28-27-. The maximum absolute atomic E-state index is 12.8. The van der Waals surface area contributed by atoms with Crippen molar-refractivity contribution in [1.29, 1.82) is 0 Å². The number of esters is 3. The van der Waals surface area contributed by atoms with Crippen LogP contribution in [0.1, 0.15) is 258 Å². The summed E-state index contributed by atoms with van der Waals surface area (Å²) in [4.78, 5) is 37.7. The second-order valence-electron chi connectivity index (χ2n) is 17.8. The summed E-state index contributed by atoms with van der Waals surface area (Å²) in [5.74, 6) is -0.903. The highest BCUT2D eigenvalue weighted by Crippen LogP contribution is 2.15. The van der Waals surface area contributed by atoms with Gasteiger partial charge in [0.2, 0.25) is 0 Å². The van der Waals surface area contributed by atoms with E-state index >= 15 is 0 Å². The normalized spacial score (nSPS) is 12.6. The molecule has 6 nitrogen and oxygen atoms in total. The zero-order valence-corrected chi connectivity index (χ0v) is 42.0. The summed E-state index contributed by atoms with van der Waals surface area (Å²) in [6.45, 7) is 6.42. The van der Waals surface area contributed by atoms with Crippen LogP contribution < -0.4 is 0 Å². The summed E-state index contributed by atoms with van der Waals surface area (Å²) in [6.07, 6.45) is 66.4. The lowest BCUT2D eigenvalue weighted by Crippen LogP contribution is -2.30. The second kappa shape index (κ2) is 52.5. The van der Waals surface area contributed by atoms with Crippen LogP contribution in [0, 0.1) is 0 Å². The minimum atomic E-state index is -0.777. The van der Waals surface area contributed by atoms with Gasteiger partial charge >= 0.3 is 17.9 Å². The minimum absolute atomic E-state index is 0.0802. The van der Waals surface area contributed by atoms with Crippen molar-refractivity contribution < 1.29 is 28.6 Å². The molecular formula is C58H100O6. The predicted molar refractivity (Wildman–Crippen MR) is 274 cm³/mol. The van der Waals surface area contributed by atoms with Crippen LogP contribution in [-0.2, 0) is 28.6 Å². The molecule has 0 spiro atoms. The van der Waals surface area contributed by atoms with Crippen LogP contribution in [0.15, 0.2) is 72.9 Å². The van der Waals surface area contributed by atoms with Crippen molar-refractivity contribution in [3.63, 3.8) is 0 Å². The number of rotatable bonds is 48. The van der Waals surface area contributed by atoms with E-state index in [-0.39, 0.29) is 31.1 Å². The van der Waals surface area contributed by atoms with Crippen LogP contribution in [0.4, 0.5) is 0 Å². The molecule has 64 heavy (non-hydrogen) atoms. The lowest BCUT2D eigenvalue weighted by Gasteiger charge is -2.18. The van der Waals surface area contributed by atoms with Crippen molar-refractivity contribution in [3.05, 3.63) is 72.9 Å². The van der Waals surface area contributed by atoms with Gasteiger partial charge in [0, 0.05) is 19.3 Å². The van der Waals surface area contributed by atoms with E-state index in [1.54, 1.807) is 0 Å². The third-order valence-corrected chi connectivity index (χ3v) is 11.4. The van der Waals surface area contributed by atoms with Crippen LogP contribution in [0.3, 0.4) is 0 Å². The third kappa shape index (κ3) is 49.9. The van der Waals surface area contributed by atoms with Gasteiger partial charge in [0.1, 0.15) is 13.2 Å². The molecule has 1 atom stereocenters. The van der Waals surface area contributed by atoms with Gasteiger partial charge in [-0.3, -0.25) is 14.4 Å². The van der Waals surface area contributed by atoms with Crippen molar-refractivity contribution in [2.75, 3.05) is 13.2 Å². The molecule has 0 aromatic heterocycles. The number of ether oxygens (including phenoxy) is 3. The maximum atomic E-state index is 12.8. The molecule has 368 valence electrons. The Kier molecular flexibility index (Phi) is 49.9. The Hall–Kier alpha value is -3.15. The Bertz CT molecular complexity index is 1210. The first-order chi connectivity index (χ1) is 31.5. The van der Waals surface area contributed by atoms with Gasteiger partial charge in [0.15, 0.2) is 6.10 Å². The molecule has 0 rings (SSSR count). The van der Waals surface area contributed by atoms with E-state index in [9.17, 15) is 14.4 Å². The Morgan fingerprint density at radius 1 is 0.328 bits per heavy atom. The zero-order valence-electron chi connectivity index (χ0n) is 42.0. The summed E-state index contributed by atoms with van der Waals surface area (Å²) in [6, 6.07) is 0. The van der Waals surface area contributed by atoms with E-state index in [0.29, 0.717) is 19.3 Å². The lowest BCUT2D eigenvalue weighted by atomic mass is 10.1. The molecular weight excluding hydrogens is 793 g/mol. The summed E-state index contributed by atoms with van der Waals surface area (Å²) >= 11 is 0. The fraction of sp³-hybridized carbons (Fsp3) is 0.741. The zero-order chi connectivity index (χ0) is 46.5. The average Bonchev–Trinajstić information content (AvgIpc) is 3.29. The first-order valence-electron chi connectivity index (χ1n) is 26.9. The molecule has 1 unspecified atom stereocenters. The van der Waals surface area contributed by atoms with Crippen molar-refractivity contribution in [3.8, 4) is 0 Å². The van der Waals surface area contributed by atoms with Gasteiger partial charge in [0.25, 0.3) is 0 Å². The van der Waals surface area contributed by atoms with Crippen molar-refractivity contribution in [2.45, 2.75) is 264 Å². The molecule has 0 radical (unpaired) electrons. The Morgan fingerprint density at radius 3 is 0.969 bits per heavy atom. The van der Waals surface area contributed by atoms with Gasteiger partial charge in [-0.05, 0) is 89.9 Å². The topological polar surface area (TPSA) is 78.9 Å². The van der Waals surface area contributed by atoms with E-state index in [2.05, 4.69) is 93.7 Å². The number of carbonyl (C=O) groups is 3. The molecule has 0 fully saturated rings. The quantitative estimate of drug-likeness (QED) is 0.0262. The summed E-state index contributed by atoms with van der Waals surface area (Å²) in [5.41, 5.74) is 0. The molecule has 0 heterocycles. The fourth-order valence-corrected chi connectivity index (χ4v) is 7.40. The molecule has 0 aromatic rings. The Balaban J connectivity index is 4.14. The van der Waals surface area contributed by atoms with Crippen LogP contribution in [0.2, 0.25) is 0 Å². The lowest BCUT2D eigenvalue weighted by molar-refractivity contribution is -0.167. The molecule has 0 bridgehead atoms. The van der Waals surface area contributed by atoms with E-state index in [1.165, 1.54) is 116 Å². The number of hydrogen-bond donors (Lipinski definition) is 0. The van der Waals surface area contributed by atoms with Crippen molar-refractivity contribution >= 4 is 17.9 Å². The van der Waals surface area contributed by atoms with Crippen molar-refractivity contribution in [1.82, 2.24) is 0 Å². The molecule has 0 aliphatic carbocycles. The molecule has 0 aliphatic heterocycles. The second-order valence-corrected chi connectivity index (χ2v) is 17.8. The van der Waals surface area contributed by atoms with Crippen molar-refractivity contribution in [2.24, 2.45) is 0 Å². The highest BCUT2D eigenvalue weighted by Gasteiger charge is 2.19. The van der Waals surface area contributed by atoms with E-state index < -0.39 is 6.10 Å². The highest BCUT2D eigenvalue weighted by atomic mass is 16.6. The first kappa shape index (κ1) is 60.9. The number of unbranched alkanes of at least 4 members (excludes halogenated alkanes) is 25. The van der Waals surface area contributed by atoms with Crippen LogP contribution in [0.25, 0.3) is 0 Å². The van der Waals surface area contributed by atoms with E-state index in [0.717, 1.165) is 103 Å². The molecule has 6 heteroatoms. The van der Waals surface area contributed by atoms with Gasteiger partial charge in [-0.15, -0.1) is 0 Å². The summed E-state index contributed by atoms with van der Waals surface area (Å²) < 4.78 is 16.7. The molecule has 0 saturated heterocycles. The molecule has 0 aliphatic rings. The van der Waals surface area contributed by atoms with Gasteiger partial charge in [0.05, 0.1) is 0 Å². The maximum Gasteiger partial charge on any atom is 0.306 e. The Labute approximate surface area is 395 Å². The fourth-order valence-electron chi connectivity index (χ4n) is 7.40. The molecule has 0 N–H and O–H groups in total. The van der Waals surface area contributed by atoms with Gasteiger partial charge in [-0.25, -0.2) is 0 Å². The van der Waals surface area contributed by atoms with Crippen LogP contribution >= 0.6 is 0 Å². The number of allylic oxidation sites excluding steroid dienone is 12. The molecule has 0 aromatic carbocycles. The van der Waals surface area contributed by atoms with E-state index in [1.807, 2.05) is 0 Å². The smallest absolute Gasteiger partial charge is 0.306 e. The molecule has 0 amide bonds. The van der Waals surface area contributed by atoms with Crippen LogP contribution in [-0.4, -0.2) is 37.2 Å². The minimum Gasteiger partial charge on any atom is -0.462 e. The Morgan fingerprint density at radius 2 is 0.609 bits per heavy atom.